The summed E-state index contributed by atoms with van der Waals surface area (Å²) in [6.07, 6.45) is 4.49. The van der Waals surface area contributed by atoms with Gasteiger partial charge in [-0.1, -0.05) is 12.1 Å². The van der Waals surface area contributed by atoms with E-state index in [9.17, 15) is 28.3 Å². The highest BCUT2D eigenvalue weighted by atomic mass is 19.1. The SMILES string of the molecule is Cc1cccc(O)c1C(=O)CN(Cc1cc(F)cc(F)c1)C(=O)c1cnn([C@H]2CC[C@H](C(C)=O)CC2)c1C. The number of aromatic nitrogens is 2. The number of nitrogens with zero attached hydrogens (tertiary/aromatic N) is 3. The summed E-state index contributed by atoms with van der Waals surface area (Å²) in [7, 11) is 0. The second-order valence-electron chi connectivity index (χ2n) is 10.0. The molecular weight excluding hydrogens is 492 g/mol. The van der Waals surface area contributed by atoms with Crippen LogP contribution in [0.25, 0.3) is 0 Å². The molecule has 1 saturated carbocycles. The van der Waals surface area contributed by atoms with Crippen molar-refractivity contribution in [2.45, 2.75) is 59.0 Å². The molecule has 0 bridgehead atoms. The molecular formula is C29H31F2N3O4. The first-order valence-electron chi connectivity index (χ1n) is 12.7. The number of Topliss-reactive ketones (excluding diaryl/α,β-unsaturated/α-hetero) is 2. The summed E-state index contributed by atoms with van der Waals surface area (Å²) < 4.78 is 29.6. The van der Waals surface area contributed by atoms with Gasteiger partial charge in [-0.05, 0) is 75.8 Å². The molecule has 0 radical (unpaired) electrons. The van der Waals surface area contributed by atoms with Gasteiger partial charge in [0.25, 0.3) is 5.91 Å². The molecule has 1 aromatic heterocycles. The highest BCUT2D eigenvalue weighted by molar-refractivity contribution is 6.04. The summed E-state index contributed by atoms with van der Waals surface area (Å²) in [5, 5.41) is 14.7. The molecule has 7 nitrogen and oxygen atoms in total. The van der Waals surface area contributed by atoms with E-state index in [2.05, 4.69) is 5.10 Å². The first-order chi connectivity index (χ1) is 18.0. The van der Waals surface area contributed by atoms with Gasteiger partial charge in [0, 0.05) is 24.2 Å². The maximum atomic E-state index is 13.9. The van der Waals surface area contributed by atoms with Gasteiger partial charge in [0.1, 0.15) is 23.2 Å². The van der Waals surface area contributed by atoms with Crippen LogP contribution in [0.15, 0.2) is 42.6 Å². The molecule has 0 saturated heterocycles. The van der Waals surface area contributed by atoms with E-state index in [1.807, 2.05) is 0 Å². The molecule has 200 valence electrons. The van der Waals surface area contributed by atoms with E-state index in [4.69, 9.17) is 0 Å². The second-order valence-corrected chi connectivity index (χ2v) is 10.0. The minimum absolute atomic E-state index is 0.0449. The Labute approximate surface area is 220 Å². The standard InChI is InChI=1S/C29H31F2N3O4/c1-17-5-4-6-26(36)28(17)27(37)16-33(15-20-11-22(30)13-23(31)12-20)29(38)25-14-32-34(18(25)2)24-9-7-21(8-10-24)19(3)35/h4-6,11-14,21,24,36H,7-10,15-16H2,1-3H3/t21-,24-. The Hall–Kier alpha value is -3.88. The first-order valence-corrected chi connectivity index (χ1v) is 12.7. The van der Waals surface area contributed by atoms with Crippen LogP contribution in [-0.4, -0.2) is 43.8 Å². The summed E-state index contributed by atoms with van der Waals surface area (Å²) in [5.41, 5.74) is 1.71. The lowest BCUT2D eigenvalue weighted by atomic mass is 9.84. The Balaban J connectivity index is 1.62. The predicted molar refractivity (Wildman–Crippen MR) is 137 cm³/mol. The van der Waals surface area contributed by atoms with Crippen LogP contribution >= 0.6 is 0 Å². The maximum absolute atomic E-state index is 13.9. The summed E-state index contributed by atoms with van der Waals surface area (Å²) in [4.78, 5) is 39.9. The van der Waals surface area contributed by atoms with E-state index in [0.29, 0.717) is 11.3 Å². The second kappa shape index (κ2) is 11.2. The van der Waals surface area contributed by atoms with Gasteiger partial charge in [-0.2, -0.15) is 5.10 Å². The number of carbonyl (C=O) groups is 3. The largest absolute Gasteiger partial charge is 0.507 e. The number of hydrogen-bond acceptors (Lipinski definition) is 5. The topological polar surface area (TPSA) is 92.5 Å². The first kappa shape index (κ1) is 27.2. The molecule has 1 heterocycles. The Bertz CT molecular complexity index is 1340. The number of phenolic OH excluding ortho intramolecular Hbond substituents is 1. The van der Waals surface area contributed by atoms with Crippen molar-refractivity contribution in [2.75, 3.05) is 6.54 Å². The van der Waals surface area contributed by atoms with Crippen LogP contribution in [-0.2, 0) is 11.3 Å². The van der Waals surface area contributed by atoms with Crippen LogP contribution in [0.1, 0.15) is 76.2 Å². The average Bonchev–Trinajstić information content (AvgIpc) is 3.23. The molecule has 1 N–H and O–H groups in total. The summed E-state index contributed by atoms with van der Waals surface area (Å²) in [6.45, 7) is 4.42. The van der Waals surface area contributed by atoms with Crippen molar-refractivity contribution >= 4 is 17.5 Å². The molecule has 1 aliphatic carbocycles. The van der Waals surface area contributed by atoms with Crippen molar-refractivity contribution in [3.05, 3.63) is 82.2 Å². The molecule has 0 atom stereocenters. The third-order valence-electron chi connectivity index (χ3n) is 7.34. The van der Waals surface area contributed by atoms with Gasteiger partial charge in [0.2, 0.25) is 0 Å². The highest BCUT2D eigenvalue weighted by Crippen LogP contribution is 2.33. The molecule has 2 aromatic carbocycles. The normalized spacial score (nSPS) is 17.3. The van der Waals surface area contributed by atoms with Gasteiger partial charge < -0.3 is 10.0 Å². The number of ketones is 2. The number of aryl methyl sites for hydroxylation is 1. The molecule has 0 aliphatic heterocycles. The number of carbonyl (C=O) groups excluding carboxylic acids is 3. The van der Waals surface area contributed by atoms with E-state index in [1.54, 1.807) is 37.6 Å². The van der Waals surface area contributed by atoms with Gasteiger partial charge in [0.05, 0.1) is 29.9 Å². The number of phenols is 1. The fraction of sp³-hybridized carbons (Fsp3) is 0.379. The van der Waals surface area contributed by atoms with Gasteiger partial charge in [-0.25, -0.2) is 8.78 Å². The van der Waals surface area contributed by atoms with Crippen LogP contribution in [0.4, 0.5) is 8.78 Å². The Morgan fingerprint density at radius 2 is 1.71 bits per heavy atom. The summed E-state index contributed by atoms with van der Waals surface area (Å²) in [5.74, 6) is -2.57. The molecule has 0 unspecified atom stereocenters. The number of rotatable bonds is 8. The zero-order valence-corrected chi connectivity index (χ0v) is 21.7. The predicted octanol–water partition coefficient (Wildman–Crippen LogP) is 5.33. The van der Waals surface area contributed by atoms with E-state index < -0.39 is 29.9 Å². The Morgan fingerprint density at radius 3 is 2.32 bits per heavy atom. The molecule has 9 heteroatoms. The Kier molecular flexibility index (Phi) is 8.04. The minimum Gasteiger partial charge on any atom is -0.507 e. The van der Waals surface area contributed by atoms with Gasteiger partial charge in [-0.3, -0.25) is 19.1 Å². The van der Waals surface area contributed by atoms with Crippen molar-refractivity contribution in [2.24, 2.45) is 5.92 Å². The van der Waals surface area contributed by atoms with Crippen molar-refractivity contribution in [3.63, 3.8) is 0 Å². The molecule has 1 fully saturated rings. The lowest BCUT2D eigenvalue weighted by molar-refractivity contribution is -0.121. The molecule has 1 amide bonds. The zero-order valence-electron chi connectivity index (χ0n) is 21.7. The fourth-order valence-electron chi connectivity index (χ4n) is 5.29. The quantitative estimate of drug-likeness (QED) is 0.403. The molecule has 4 rings (SSSR count). The number of aromatic hydroxyl groups is 1. The third-order valence-corrected chi connectivity index (χ3v) is 7.34. The maximum Gasteiger partial charge on any atom is 0.258 e. The molecule has 1 aliphatic rings. The smallest absolute Gasteiger partial charge is 0.258 e. The monoisotopic (exact) mass is 523 g/mol. The highest BCUT2D eigenvalue weighted by Gasteiger charge is 2.30. The summed E-state index contributed by atoms with van der Waals surface area (Å²) >= 11 is 0. The van der Waals surface area contributed by atoms with E-state index in [-0.39, 0.29) is 46.7 Å². The fourth-order valence-corrected chi connectivity index (χ4v) is 5.29. The van der Waals surface area contributed by atoms with Crippen LogP contribution in [0.5, 0.6) is 5.75 Å². The van der Waals surface area contributed by atoms with Gasteiger partial charge in [-0.15, -0.1) is 0 Å². The minimum atomic E-state index is -0.791. The van der Waals surface area contributed by atoms with E-state index in [0.717, 1.165) is 43.9 Å². The van der Waals surface area contributed by atoms with Crippen molar-refractivity contribution < 1.29 is 28.3 Å². The van der Waals surface area contributed by atoms with Gasteiger partial charge >= 0.3 is 0 Å². The number of amides is 1. The third kappa shape index (κ3) is 5.82. The molecule has 0 spiro atoms. The van der Waals surface area contributed by atoms with Crippen LogP contribution in [0, 0.1) is 31.4 Å². The number of halogens is 2. The lowest BCUT2D eigenvalue weighted by Crippen LogP contribution is -2.36. The number of benzene rings is 2. The Morgan fingerprint density at radius 1 is 1.05 bits per heavy atom. The molecule has 38 heavy (non-hydrogen) atoms. The van der Waals surface area contributed by atoms with Crippen LogP contribution in [0.2, 0.25) is 0 Å². The van der Waals surface area contributed by atoms with Gasteiger partial charge in [0.15, 0.2) is 5.78 Å². The lowest BCUT2D eigenvalue weighted by Gasteiger charge is -2.28. The number of hydrogen-bond donors (Lipinski definition) is 1. The van der Waals surface area contributed by atoms with Crippen LogP contribution in [0.3, 0.4) is 0 Å². The van der Waals surface area contributed by atoms with Crippen LogP contribution < -0.4 is 0 Å². The summed E-state index contributed by atoms with van der Waals surface area (Å²) in [6, 6.07) is 7.69. The van der Waals surface area contributed by atoms with E-state index in [1.165, 1.54) is 17.2 Å². The van der Waals surface area contributed by atoms with Crippen molar-refractivity contribution in [1.29, 1.82) is 0 Å². The average molecular weight is 524 g/mol. The zero-order chi connectivity index (χ0) is 27.6. The van der Waals surface area contributed by atoms with Crippen molar-refractivity contribution in [1.82, 2.24) is 14.7 Å². The van der Waals surface area contributed by atoms with E-state index >= 15 is 0 Å². The molecule has 3 aromatic rings. The van der Waals surface area contributed by atoms with Crippen molar-refractivity contribution in [3.8, 4) is 5.75 Å².